The van der Waals surface area contributed by atoms with E-state index < -0.39 is 0 Å². The molecule has 0 nitrogen and oxygen atoms in total. The van der Waals surface area contributed by atoms with Gasteiger partial charge in [0.1, 0.15) is 0 Å². The molecule has 0 N–H and O–H groups in total. The van der Waals surface area contributed by atoms with Crippen molar-refractivity contribution in [2.45, 2.75) is 0 Å². The number of benzene rings is 6. The Morgan fingerprint density at radius 3 is 1.23 bits per heavy atom. The number of hydrogen-bond acceptors (Lipinski definition) is 1. The molecule has 0 unspecified atom stereocenters. The zero-order chi connectivity index (χ0) is 26.0. The van der Waals surface area contributed by atoms with E-state index in [-0.39, 0.29) is 0 Å². The Balaban J connectivity index is 1.46. The largest absolute Gasteiger partial charge is 0.134 e. The fourth-order valence-corrected chi connectivity index (χ4v) is 6.81. The van der Waals surface area contributed by atoms with E-state index in [1.165, 1.54) is 65.0 Å². The van der Waals surface area contributed by atoms with Crippen molar-refractivity contribution in [3.8, 4) is 54.3 Å². The smallest absolute Gasteiger partial charge is 0.0440 e. The first-order chi connectivity index (χ1) is 19.4. The summed E-state index contributed by atoms with van der Waals surface area (Å²) in [7, 11) is 0. The lowest BCUT2D eigenvalue weighted by Gasteiger charge is -2.15. The van der Waals surface area contributed by atoms with Crippen molar-refractivity contribution >= 4 is 22.1 Å². The second-order valence-corrected chi connectivity index (χ2v) is 10.7. The van der Waals surface area contributed by atoms with Crippen molar-refractivity contribution in [1.29, 1.82) is 0 Å². The molecule has 0 aliphatic heterocycles. The standard InChI is InChI=1S/C38H26S/c1-4-13-27(14-5-1)28-23-25-31(26-24-28)37-34-19-10-11-20-35(34)38(39-37)36-32(29-15-6-2-7-16-29)21-12-22-33(36)30-17-8-3-9-18-30/h1-26H. The SMILES string of the molecule is c1ccc(-c2ccc(-c3sc(-c4c(-c5ccccc5)cccc4-c4ccccc4)c4ccccc34)cc2)cc1. The van der Waals surface area contributed by atoms with Crippen LogP contribution in [-0.4, -0.2) is 0 Å². The molecule has 0 radical (unpaired) electrons. The first-order valence-corrected chi connectivity index (χ1v) is 14.1. The van der Waals surface area contributed by atoms with Crippen LogP contribution in [0.5, 0.6) is 0 Å². The maximum absolute atomic E-state index is 2.28. The van der Waals surface area contributed by atoms with Gasteiger partial charge >= 0.3 is 0 Å². The summed E-state index contributed by atoms with van der Waals surface area (Å²) in [5.74, 6) is 0. The molecule has 0 aliphatic carbocycles. The molecular formula is C38H26S. The molecule has 0 fully saturated rings. The van der Waals surface area contributed by atoms with Gasteiger partial charge in [0, 0.05) is 26.1 Å². The summed E-state index contributed by atoms with van der Waals surface area (Å²) < 4.78 is 0. The average molecular weight is 515 g/mol. The highest BCUT2D eigenvalue weighted by Crippen LogP contribution is 2.49. The number of rotatable bonds is 5. The fraction of sp³-hybridized carbons (Fsp3) is 0. The second kappa shape index (κ2) is 10.2. The van der Waals surface area contributed by atoms with Crippen LogP contribution < -0.4 is 0 Å². The van der Waals surface area contributed by atoms with E-state index in [0.717, 1.165) is 0 Å². The second-order valence-electron chi connectivity index (χ2n) is 9.71. The van der Waals surface area contributed by atoms with Crippen LogP contribution in [0.2, 0.25) is 0 Å². The Bertz CT molecular complexity index is 1810. The van der Waals surface area contributed by atoms with E-state index in [0.29, 0.717) is 0 Å². The lowest BCUT2D eigenvalue weighted by atomic mass is 9.89. The van der Waals surface area contributed by atoms with Crippen molar-refractivity contribution in [1.82, 2.24) is 0 Å². The lowest BCUT2D eigenvalue weighted by Crippen LogP contribution is -1.89. The van der Waals surface area contributed by atoms with Crippen LogP contribution in [0.1, 0.15) is 0 Å². The van der Waals surface area contributed by atoms with Crippen LogP contribution in [0.4, 0.5) is 0 Å². The minimum Gasteiger partial charge on any atom is -0.134 e. The van der Waals surface area contributed by atoms with Gasteiger partial charge in [-0.2, -0.15) is 0 Å². The molecule has 0 amide bonds. The molecule has 1 aromatic heterocycles. The molecule has 7 aromatic rings. The molecule has 6 aromatic carbocycles. The topological polar surface area (TPSA) is 0 Å². The molecule has 0 saturated carbocycles. The van der Waals surface area contributed by atoms with E-state index in [1.807, 2.05) is 11.3 Å². The van der Waals surface area contributed by atoms with E-state index in [9.17, 15) is 0 Å². The Kier molecular flexibility index (Phi) is 6.13. The van der Waals surface area contributed by atoms with Gasteiger partial charge in [0.2, 0.25) is 0 Å². The monoisotopic (exact) mass is 514 g/mol. The number of fused-ring (bicyclic) bond motifs is 1. The molecule has 1 heterocycles. The van der Waals surface area contributed by atoms with Gasteiger partial charge in [0.15, 0.2) is 0 Å². The first-order valence-electron chi connectivity index (χ1n) is 13.3. The van der Waals surface area contributed by atoms with Crippen LogP contribution in [0, 0.1) is 0 Å². The van der Waals surface area contributed by atoms with Crippen molar-refractivity contribution < 1.29 is 0 Å². The molecule has 0 saturated heterocycles. The molecule has 0 spiro atoms. The van der Waals surface area contributed by atoms with Crippen LogP contribution >= 0.6 is 11.3 Å². The summed E-state index contributed by atoms with van der Waals surface area (Å²) in [6.45, 7) is 0. The summed E-state index contributed by atoms with van der Waals surface area (Å²) in [5.41, 5.74) is 10.0. The van der Waals surface area contributed by atoms with Crippen LogP contribution in [0.25, 0.3) is 65.0 Å². The van der Waals surface area contributed by atoms with Crippen molar-refractivity contribution in [3.63, 3.8) is 0 Å². The Hall–Kier alpha value is -4.72. The lowest BCUT2D eigenvalue weighted by molar-refractivity contribution is 1.59. The zero-order valence-corrected chi connectivity index (χ0v) is 22.2. The summed E-state index contributed by atoms with van der Waals surface area (Å²) in [6.07, 6.45) is 0. The van der Waals surface area contributed by atoms with E-state index >= 15 is 0 Å². The summed E-state index contributed by atoms with van der Waals surface area (Å²) in [6, 6.07) is 56.7. The zero-order valence-electron chi connectivity index (χ0n) is 21.4. The van der Waals surface area contributed by atoms with E-state index in [1.54, 1.807) is 0 Å². The normalized spacial score (nSPS) is 11.1. The third-order valence-electron chi connectivity index (χ3n) is 7.34. The maximum atomic E-state index is 2.28. The van der Waals surface area contributed by atoms with Gasteiger partial charge < -0.3 is 0 Å². The van der Waals surface area contributed by atoms with Crippen molar-refractivity contribution in [3.05, 3.63) is 158 Å². The molecular weight excluding hydrogens is 488 g/mol. The highest BCUT2D eigenvalue weighted by molar-refractivity contribution is 7.21. The molecule has 0 atom stereocenters. The van der Waals surface area contributed by atoms with E-state index in [2.05, 4.69) is 158 Å². The summed E-state index contributed by atoms with van der Waals surface area (Å²) in [4.78, 5) is 2.62. The average Bonchev–Trinajstić information content (AvgIpc) is 3.41. The summed E-state index contributed by atoms with van der Waals surface area (Å²) in [5, 5.41) is 2.59. The first kappa shape index (κ1) is 23.4. The van der Waals surface area contributed by atoms with Gasteiger partial charge in [-0.05, 0) is 38.9 Å². The highest BCUT2D eigenvalue weighted by atomic mass is 32.1. The van der Waals surface area contributed by atoms with Crippen LogP contribution in [0.15, 0.2) is 158 Å². The quantitative estimate of drug-likeness (QED) is 0.214. The summed E-state index contributed by atoms with van der Waals surface area (Å²) >= 11 is 1.90. The number of thiophene rings is 1. The molecule has 0 bridgehead atoms. The molecule has 39 heavy (non-hydrogen) atoms. The molecule has 7 rings (SSSR count). The molecule has 0 aliphatic rings. The third kappa shape index (κ3) is 4.37. The Labute approximate surface area is 233 Å². The minimum atomic E-state index is 1.23. The predicted octanol–water partition coefficient (Wildman–Crippen LogP) is 11.2. The van der Waals surface area contributed by atoms with Crippen LogP contribution in [0.3, 0.4) is 0 Å². The van der Waals surface area contributed by atoms with Crippen LogP contribution in [-0.2, 0) is 0 Å². The minimum absolute atomic E-state index is 1.23. The van der Waals surface area contributed by atoms with Gasteiger partial charge in [-0.25, -0.2) is 0 Å². The highest BCUT2D eigenvalue weighted by Gasteiger charge is 2.20. The van der Waals surface area contributed by atoms with Gasteiger partial charge in [-0.1, -0.05) is 158 Å². The third-order valence-corrected chi connectivity index (χ3v) is 8.62. The Morgan fingerprint density at radius 2 is 0.692 bits per heavy atom. The Morgan fingerprint density at radius 1 is 0.282 bits per heavy atom. The number of hydrogen-bond donors (Lipinski definition) is 0. The van der Waals surface area contributed by atoms with Gasteiger partial charge in [-0.3, -0.25) is 0 Å². The van der Waals surface area contributed by atoms with E-state index in [4.69, 9.17) is 0 Å². The van der Waals surface area contributed by atoms with Crippen molar-refractivity contribution in [2.75, 3.05) is 0 Å². The van der Waals surface area contributed by atoms with Gasteiger partial charge in [0.25, 0.3) is 0 Å². The predicted molar refractivity (Wildman–Crippen MR) is 169 cm³/mol. The maximum Gasteiger partial charge on any atom is 0.0440 e. The van der Waals surface area contributed by atoms with Gasteiger partial charge in [0.05, 0.1) is 0 Å². The van der Waals surface area contributed by atoms with Gasteiger partial charge in [-0.15, -0.1) is 11.3 Å². The fourth-order valence-electron chi connectivity index (χ4n) is 5.45. The molecule has 1 heteroatoms. The molecule has 184 valence electrons. The van der Waals surface area contributed by atoms with Crippen molar-refractivity contribution in [2.24, 2.45) is 0 Å².